The van der Waals surface area contributed by atoms with Gasteiger partial charge < -0.3 is 14.8 Å². The predicted octanol–water partition coefficient (Wildman–Crippen LogP) is 3.66. The first-order chi connectivity index (χ1) is 10.2. The molecule has 0 saturated carbocycles. The van der Waals surface area contributed by atoms with Gasteiger partial charge in [0.25, 0.3) is 0 Å². The van der Waals surface area contributed by atoms with E-state index in [1.807, 2.05) is 31.3 Å². The molecule has 2 rings (SSSR count). The van der Waals surface area contributed by atoms with E-state index in [1.54, 1.807) is 6.07 Å². The molecule has 0 aliphatic carbocycles. The second-order valence-electron chi connectivity index (χ2n) is 4.43. The molecule has 0 heterocycles. The Morgan fingerprint density at radius 3 is 2.67 bits per heavy atom. The zero-order chi connectivity index (χ0) is 15.1. The van der Waals surface area contributed by atoms with Crippen LogP contribution >= 0.6 is 11.6 Å². The molecule has 0 aliphatic rings. The van der Waals surface area contributed by atoms with Crippen molar-refractivity contribution in [3.63, 3.8) is 0 Å². The molecule has 1 N–H and O–H groups in total. The van der Waals surface area contributed by atoms with E-state index in [2.05, 4.69) is 5.32 Å². The van der Waals surface area contributed by atoms with Gasteiger partial charge in [0.1, 0.15) is 19.0 Å². The fraction of sp³-hybridized carbons (Fsp3) is 0.250. The summed E-state index contributed by atoms with van der Waals surface area (Å²) in [5.74, 6) is 0.350. The Balaban J connectivity index is 1.82. The minimum atomic E-state index is -0.546. The number of hydrogen-bond acceptors (Lipinski definition) is 3. The average Bonchev–Trinajstić information content (AvgIpc) is 2.48. The quantitative estimate of drug-likeness (QED) is 0.792. The highest BCUT2D eigenvalue weighted by molar-refractivity contribution is 6.30. The lowest BCUT2D eigenvalue weighted by Crippen LogP contribution is -2.10. The van der Waals surface area contributed by atoms with E-state index in [-0.39, 0.29) is 17.4 Å². The first-order valence-corrected chi connectivity index (χ1v) is 7.01. The smallest absolute Gasteiger partial charge is 0.183 e. The van der Waals surface area contributed by atoms with Gasteiger partial charge in [-0.1, -0.05) is 29.8 Å². The maximum absolute atomic E-state index is 13.6. The van der Waals surface area contributed by atoms with E-state index in [4.69, 9.17) is 21.1 Å². The van der Waals surface area contributed by atoms with Gasteiger partial charge in [-0.2, -0.15) is 0 Å². The highest BCUT2D eigenvalue weighted by atomic mass is 35.5. The lowest BCUT2D eigenvalue weighted by Gasteiger charge is -2.10. The third-order valence-corrected chi connectivity index (χ3v) is 3.10. The fourth-order valence-electron chi connectivity index (χ4n) is 1.86. The molecule has 0 saturated heterocycles. The SMILES string of the molecule is CNCc1cccc(OCCOc2cccc(Cl)c2F)c1. The van der Waals surface area contributed by atoms with E-state index in [1.165, 1.54) is 12.1 Å². The van der Waals surface area contributed by atoms with Gasteiger partial charge in [0.2, 0.25) is 0 Å². The first-order valence-electron chi connectivity index (χ1n) is 6.64. The van der Waals surface area contributed by atoms with Crippen molar-refractivity contribution in [3.05, 3.63) is 58.9 Å². The van der Waals surface area contributed by atoms with Crippen molar-refractivity contribution in [2.24, 2.45) is 0 Å². The molecule has 0 fully saturated rings. The van der Waals surface area contributed by atoms with Gasteiger partial charge in [-0.05, 0) is 36.9 Å². The van der Waals surface area contributed by atoms with E-state index in [0.29, 0.717) is 6.61 Å². The molecule has 0 atom stereocenters. The molecule has 5 heteroatoms. The van der Waals surface area contributed by atoms with Crippen LogP contribution in [0.4, 0.5) is 4.39 Å². The summed E-state index contributed by atoms with van der Waals surface area (Å²) in [7, 11) is 1.89. The molecule has 2 aromatic carbocycles. The van der Waals surface area contributed by atoms with Crippen LogP contribution in [-0.2, 0) is 6.54 Å². The Kier molecular flexibility index (Phi) is 5.84. The lowest BCUT2D eigenvalue weighted by atomic mass is 10.2. The zero-order valence-corrected chi connectivity index (χ0v) is 12.5. The van der Waals surface area contributed by atoms with Gasteiger partial charge in [-0.3, -0.25) is 0 Å². The fourth-order valence-corrected chi connectivity index (χ4v) is 2.02. The van der Waals surface area contributed by atoms with Crippen molar-refractivity contribution in [3.8, 4) is 11.5 Å². The number of hydrogen-bond donors (Lipinski definition) is 1. The van der Waals surface area contributed by atoms with Gasteiger partial charge in [-0.15, -0.1) is 0 Å². The summed E-state index contributed by atoms with van der Waals surface area (Å²) in [6.45, 7) is 1.35. The van der Waals surface area contributed by atoms with E-state index >= 15 is 0 Å². The van der Waals surface area contributed by atoms with Crippen molar-refractivity contribution >= 4 is 11.6 Å². The van der Waals surface area contributed by atoms with Crippen molar-refractivity contribution in [2.45, 2.75) is 6.54 Å². The number of ether oxygens (including phenoxy) is 2. The molecule has 112 valence electrons. The van der Waals surface area contributed by atoms with Gasteiger partial charge in [-0.25, -0.2) is 4.39 Å². The van der Waals surface area contributed by atoms with Crippen molar-refractivity contribution in [1.82, 2.24) is 5.32 Å². The zero-order valence-electron chi connectivity index (χ0n) is 11.7. The van der Waals surface area contributed by atoms with Gasteiger partial charge in [0.15, 0.2) is 11.6 Å². The van der Waals surface area contributed by atoms with Crippen LogP contribution in [0.3, 0.4) is 0 Å². The highest BCUT2D eigenvalue weighted by Crippen LogP contribution is 2.23. The summed E-state index contributed by atoms with van der Waals surface area (Å²) in [5, 5.41) is 3.13. The summed E-state index contributed by atoms with van der Waals surface area (Å²) >= 11 is 5.68. The monoisotopic (exact) mass is 309 g/mol. The summed E-state index contributed by atoms with van der Waals surface area (Å²) in [6, 6.07) is 12.4. The summed E-state index contributed by atoms with van der Waals surface area (Å²) in [6.07, 6.45) is 0. The number of nitrogens with one attached hydrogen (secondary N) is 1. The number of halogens is 2. The molecule has 0 aliphatic heterocycles. The minimum Gasteiger partial charge on any atom is -0.490 e. The van der Waals surface area contributed by atoms with Crippen LogP contribution in [0.15, 0.2) is 42.5 Å². The third-order valence-electron chi connectivity index (χ3n) is 2.81. The Hall–Kier alpha value is -1.78. The van der Waals surface area contributed by atoms with E-state index < -0.39 is 5.82 Å². The largest absolute Gasteiger partial charge is 0.490 e. The van der Waals surface area contributed by atoms with Crippen molar-refractivity contribution in [1.29, 1.82) is 0 Å². The average molecular weight is 310 g/mol. The normalized spacial score (nSPS) is 10.4. The Morgan fingerprint density at radius 2 is 1.86 bits per heavy atom. The molecule has 0 radical (unpaired) electrons. The van der Waals surface area contributed by atoms with Crippen molar-refractivity contribution in [2.75, 3.05) is 20.3 Å². The van der Waals surface area contributed by atoms with E-state index in [0.717, 1.165) is 17.9 Å². The second-order valence-corrected chi connectivity index (χ2v) is 4.83. The van der Waals surface area contributed by atoms with Crippen LogP contribution in [0.1, 0.15) is 5.56 Å². The third kappa shape index (κ3) is 4.62. The summed E-state index contributed by atoms with van der Waals surface area (Å²) < 4.78 is 24.5. The maximum atomic E-state index is 13.6. The molecule has 0 bridgehead atoms. The Bertz CT molecular complexity index is 592. The number of benzene rings is 2. The van der Waals surface area contributed by atoms with Crippen molar-refractivity contribution < 1.29 is 13.9 Å². The Labute approximate surface area is 128 Å². The maximum Gasteiger partial charge on any atom is 0.183 e. The summed E-state index contributed by atoms with van der Waals surface area (Å²) in [5.41, 5.74) is 1.14. The molecule has 2 aromatic rings. The van der Waals surface area contributed by atoms with E-state index in [9.17, 15) is 4.39 Å². The summed E-state index contributed by atoms with van der Waals surface area (Å²) in [4.78, 5) is 0. The molecule has 0 spiro atoms. The molecule has 0 amide bonds. The molecular formula is C16H17ClFNO2. The Morgan fingerprint density at radius 1 is 1.10 bits per heavy atom. The van der Waals surface area contributed by atoms with Crippen LogP contribution in [0.25, 0.3) is 0 Å². The van der Waals surface area contributed by atoms with Crippen LogP contribution in [0, 0.1) is 5.82 Å². The van der Waals surface area contributed by atoms with Gasteiger partial charge in [0, 0.05) is 6.54 Å². The molecule has 0 aromatic heterocycles. The molecule has 21 heavy (non-hydrogen) atoms. The van der Waals surface area contributed by atoms with Crippen LogP contribution in [-0.4, -0.2) is 20.3 Å². The van der Waals surface area contributed by atoms with Crippen LogP contribution in [0.5, 0.6) is 11.5 Å². The lowest BCUT2D eigenvalue weighted by molar-refractivity contribution is 0.211. The first kappa shape index (κ1) is 15.6. The minimum absolute atomic E-state index is 0.0492. The standard InChI is InChI=1S/C16H17ClFNO2/c1-19-11-12-4-2-5-13(10-12)20-8-9-21-15-7-3-6-14(17)16(15)18/h2-7,10,19H,8-9,11H2,1H3. The molecule has 0 unspecified atom stereocenters. The predicted molar refractivity (Wildman–Crippen MR) is 81.6 cm³/mol. The van der Waals surface area contributed by atoms with Gasteiger partial charge >= 0.3 is 0 Å². The van der Waals surface area contributed by atoms with Gasteiger partial charge in [0.05, 0.1) is 5.02 Å². The van der Waals surface area contributed by atoms with Crippen LogP contribution < -0.4 is 14.8 Å². The highest BCUT2D eigenvalue weighted by Gasteiger charge is 2.06. The molecular weight excluding hydrogens is 293 g/mol. The van der Waals surface area contributed by atoms with Crippen LogP contribution in [0.2, 0.25) is 5.02 Å². The number of rotatable bonds is 7. The second kappa shape index (κ2) is 7.86. The molecule has 3 nitrogen and oxygen atoms in total. The topological polar surface area (TPSA) is 30.5 Å².